The number of aromatic amines is 1. The molecule has 1 fully saturated rings. The van der Waals surface area contributed by atoms with Gasteiger partial charge in [-0.3, -0.25) is 19.6 Å². The summed E-state index contributed by atoms with van der Waals surface area (Å²) in [6, 6.07) is 6.26. The first-order chi connectivity index (χ1) is 16.5. The number of hydrogen-bond donors (Lipinski definition) is 2. The van der Waals surface area contributed by atoms with Gasteiger partial charge >= 0.3 is 6.03 Å². The van der Waals surface area contributed by atoms with Crippen LogP contribution in [0.2, 0.25) is 0 Å². The number of urea groups is 1. The van der Waals surface area contributed by atoms with E-state index in [0.717, 1.165) is 11.9 Å². The van der Waals surface area contributed by atoms with Crippen LogP contribution < -0.4 is 5.32 Å². The van der Waals surface area contributed by atoms with E-state index in [4.69, 9.17) is 0 Å². The summed E-state index contributed by atoms with van der Waals surface area (Å²) < 4.78 is 0. The summed E-state index contributed by atoms with van der Waals surface area (Å²) in [5, 5.41) is 8.19. The van der Waals surface area contributed by atoms with Crippen LogP contribution in [0.25, 0.3) is 10.9 Å². The largest absolute Gasteiger partial charge is 0.361 e. The fourth-order valence-electron chi connectivity index (χ4n) is 5.63. The molecule has 0 saturated carbocycles. The predicted octanol–water partition coefficient (Wildman–Crippen LogP) is 3.25. The quantitative estimate of drug-likeness (QED) is 0.336. The molecule has 2 aromatic rings. The lowest BCUT2D eigenvalue weighted by molar-refractivity contribution is -0.135. The van der Waals surface area contributed by atoms with Crippen molar-refractivity contribution < 1.29 is 9.59 Å². The molecule has 2 heterocycles. The lowest BCUT2D eigenvalue weighted by Crippen LogP contribution is -2.55. The van der Waals surface area contributed by atoms with Crippen molar-refractivity contribution in [1.82, 2.24) is 25.1 Å². The Morgan fingerprint density at radius 1 is 1.35 bits per heavy atom. The summed E-state index contributed by atoms with van der Waals surface area (Å²) in [4.78, 5) is 44.3. The van der Waals surface area contributed by atoms with Crippen molar-refractivity contribution in [2.45, 2.75) is 38.1 Å². The number of nitroso groups, excluding NO2 is 1. The smallest absolute Gasteiger partial charge is 0.324 e. The molecule has 0 radical (unpaired) electrons. The summed E-state index contributed by atoms with van der Waals surface area (Å²) in [5.41, 5.74) is 3.73. The average Bonchev–Trinajstić information content (AvgIpc) is 3.26. The standard InChI is InChI=1S/C25H34N6O3/c1-4-10-30-16-18(24(32)31(25(33)26-5-2)12-7-11-29(3)28-34)13-20-19-8-6-9-21-23(19)17(15-27-21)14-22(20)30/h4,6,8-9,15,18,20,22,27H,1,5,7,10-14,16H2,2-3H3,(H,26,33)/t18-,20?,22?/m1/s1. The fourth-order valence-corrected chi connectivity index (χ4v) is 5.63. The van der Waals surface area contributed by atoms with Gasteiger partial charge in [0.05, 0.1) is 11.2 Å². The third kappa shape index (κ3) is 4.57. The van der Waals surface area contributed by atoms with Crippen LogP contribution in [0, 0.1) is 10.8 Å². The van der Waals surface area contributed by atoms with Gasteiger partial charge in [-0.05, 0) is 43.4 Å². The van der Waals surface area contributed by atoms with E-state index in [9.17, 15) is 14.5 Å². The van der Waals surface area contributed by atoms with Gasteiger partial charge in [0, 0.05) is 68.8 Å². The van der Waals surface area contributed by atoms with Crippen molar-refractivity contribution in [3.8, 4) is 0 Å². The second-order valence-electron chi connectivity index (χ2n) is 9.28. The van der Waals surface area contributed by atoms with Crippen LogP contribution in [-0.2, 0) is 11.2 Å². The number of imide groups is 1. The Kier molecular flexibility index (Phi) is 7.31. The van der Waals surface area contributed by atoms with E-state index in [0.29, 0.717) is 45.1 Å². The highest BCUT2D eigenvalue weighted by atomic mass is 16.3. The Morgan fingerprint density at radius 2 is 2.18 bits per heavy atom. The highest BCUT2D eigenvalue weighted by Crippen LogP contribution is 2.45. The zero-order valence-electron chi connectivity index (χ0n) is 20.0. The molecular weight excluding hydrogens is 432 g/mol. The molecule has 1 aliphatic carbocycles. The maximum absolute atomic E-state index is 13.7. The van der Waals surface area contributed by atoms with Crippen LogP contribution in [0.1, 0.15) is 36.8 Å². The molecular formula is C25H34N6O3. The minimum absolute atomic E-state index is 0.160. The number of benzene rings is 1. The van der Waals surface area contributed by atoms with E-state index in [2.05, 4.69) is 51.5 Å². The number of aromatic nitrogens is 1. The average molecular weight is 467 g/mol. The number of H-pyrrole nitrogens is 1. The molecule has 9 nitrogen and oxygen atoms in total. The first kappa shape index (κ1) is 23.9. The number of amides is 3. The Hall–Kier alpha value is -3.20. The molecule has 34 heavy (non-hydrogen) atoms. The monoisotopic (exact) mass is 466 g/mol. The molecule has 0 bridgehead atoms. The number of carbonyl (C=O) groups is 2. The molecule has 4 rings (SSSR count). The third-order valence-electron chi connectivity index (χ3n) is 7.13. The molecule has 0 spiro atoms. The van der Waals surface area contributed by atoms with Crippen LogP contribution in [-0.4, -0.2) is 77.5 Å². The number of carbonyl (C=O) groups excluding carboxylic acids is 2. The van der Waals surface area contributed by atoms with Crippen molar-refractivity contribution in [3.05, 3.63) is 53.1 Å². The van der Waals surface area contributed by atoms with Crippen molar-refractivity contribution in [1.29, 1.82) is 0 Å². The van der Waals surface area contributed by atoms with E-state index in [1.807, 2.05) is 13.0 Å². The van der Waals surface area contributed by atoms with Gasteiger partial charge in [0.1, 0.15) is 0 Å². The van der Waals surface area contributed by atoms with Crippen molar-refractivity contribution >= 4 is 22.8 Å². The summed E-state index contributed by atoms with van der Waals surface area (Å²) in [6.45, 7) is 8.12. The maximum atomic E-state index is 13.7. The minimum Gasteiger partial charge on any atom is -0.361 e. The number of hydrogen-bond acceptors (Lipinski definition) is 5. The van der Waals surface area contributed by atoms with Crippen molar-refractivity contribution in [2.75, 3.05) is 39.8 Å². The first-order valence-corrected chi connectivity index (χ1v) is 12.1. The molecule has 1 aliphatic heterocycles. The Labute approximate surface area is 200 Å². The maximum Gasteiger partial charge on any atom is 0.324 e. The Balaban J connectivity index is 1.60. The number of rotatable bonds is 9. The fraction of sp³-hybridized carbons (Fsp3) is 0.520. The van der Waals surface area contributed by atoms with Gasteiger partial charge in [-0.1, -0.05) is 18.2 Å². The van der Waals surface area contributed by atoms with Crippen LogP contribution in [0.3, 0.4) is 0 Å². The lowest BCUT2D eigenvalue weighted by atomic mass is 9.72. The lowest BCUT2D eigenvalue weighted by Gasteiger charge is -2.47. The van der Waals surface area contributed by atoms with Gasteiger partial charge in [-0.15, -0.1) is 11.5 Å². The zero-order chi connectivity index (χ0) is 24.2. The SMILES string of the molecule is C=CCN1C[C@H](C(=O)N(CCCN(C)N=O)C(=O)NCC)CC2c3cccc4[nH]cc(c34)CC21. The van der Waals surface area contributed by atoms with Gasteiger partial charge in [0.15, 0.2) is 0 Å². The number of likely N-dealkylation sites (tertiary alicyclic amines) is 1. The van der Waals surface area contributed by atoms with Crippen LogP contribution in [0.4, 0.5) is 4.79 Å². The van der Waals surface area contributed by atoms with Gasteiger partial charge in [0.25, 0.3) is 0 Å². The molecule has 1 saturated heterocycles. The molecule has 182 valence electrons. The molecule has 3 atom stereocenters. The molecule has 3 amide bonds. The number of nitrogens with one attached hydrogen (secondary N) is 2. The highest BCUT2D eigenvalue weighted by molar-refractivity contribution is 5.96. The van der Waals surface area contributed by atoms with Crippen LogP contribution in [0.5, 0.6) is 0 Å². The van der Waals surface area contributed by atoms with Crippen LogP contribution >= 0.6 is 0 Å². The summed E-state index contributed by atoms with van der Waals surface area (Å²) in [5.74, 6) is -0.259. The van der Waals surface area contributed by atoms with E-state index in [1.54, 1.807) is 7.05 Å². The zero-order valence-corrected chi connectivity index (χ0v) is 20.0. The second-order valence-corrected chi connectivity index (χ2v) is 9.28. The Bertz CT molecular complexity index is 1070. The Morgan fingerprint density at radius 3 is 2.91 bits per heavy atom. The molecule has 2 aliphatic rings. The molecule has 2 N–H and O–H groups in total. The second kappa shape index (κ2) is 10.4. The van der Waals surface area contributed by atoms with Gasteiger partial charge < -0.3 is 10.3 Å². The predicted molar refractivity (Wildman–Crippen MR) is 132 cm³/mol. The van der Waals surface area contributed by atoms with Crippen molar-refractivity contribution in [2.24, 2.45) is 11.2 Å². The number of piperidine rings is 1. The summed E-state index contributed by atoms with van der Waals surface area (Å²) in [6.07, 6.45) is 6.11. The van der Waals surface area contributed by atoms with E-state index < -0.39 is 0 Å². The van der Waals surface area contributed by atoms with E-state index in [1.165, 1.54) is 26.4 Å². The van der Waals surface area contributed by atoms with Crippen LogP contribution in [0.15, 0.2) is 42.3 Å². The van der Waals surface area contributed by atoms with Gasteiger partial charge in [-0.2, -0.15) is 0 Å². The van der Waals surface area contributed by atoms with Crippen molar-refractivity contribution in [3.63, 3.8) is 0 Å². The summed E-state index contributed by atoms with van der Waals surface area (Å²) >= 11 is 0. The van der Waals surface area contributed by atoms with Gasteiger partial charge in [0.2, 0.25) is 5.91 Å². The summed E-state index contributed by atoms with van der Waals surface area (Å²) in [7, 11) is 1.58. The van der Waals surface area contributed by atoms with E-state index in [-0.39, 0.29) is 30.3 Å². The molecule has 9 heteroatoms. The number of nitrogens with zero attached hydrogens (tertiary/aromatic N) is 4. The van der Waals surface area contributed by atoms with E-state index >= 15 is 0 Å². The first-order valence-electron chi connectivity index (χ1n) is 12.1. The minimum atomic E-state index is -0.384. The molecule has 1 aromatic carbocycles. The van der Waals surface area contributed by atoms with Gasteiger partial charge in [-0.25, -0.2) is 4.79 Å². The normalized spacial score (nSPS) is 21.5. The molecule has 1 aromatic heterocycles. The molecule has 2 unspecified atom stereocenters. The highest BCUT2D eigenvalue weighted by Gasteiger charge is 2.43. The topological polar surface area (TPSA) is 101 Å². The number of fused-ring (bicyclic) bond motifs is 2. The third-order valence-corrected chi connectivity index (χ3v) is 7.13.